The molecule has 0 heterocycles. The third kappa shape index (κ3) is 4.81. The van der Waals surface area contributed by atoms with Crippen LogP contribution in [0.15, 0.2) is 0 Å². The van der Waals surface area contributed by atoms with Gasteiger partial charge in [0, 0.05) is 33.5 Å². The van der Waals surface area contributed by atoms with Crippen LogP contribution in [0.2, 0.25) is 0 Å². The molecule has 3 nitrogen and oxygen atoms in total. The molecule has 1 fully saturated rings. The molecule has 96 valence electrons. The minimum Gasteiger partial charge on any atom is -0.385 e. The molecule has 0 saturated heterocycles. The first-order valence-corrected chi connectivity index (χ1v) is 6.54. The van der Waals surface area contributed by atoms with Crippen molar-refractivity contribution in [2.45, 2.75) is 38.5 Å². The van der Waals surface area contributed by atoms with Crippen molar-refractivity contribution in [1.82, 2.24) is 5.32 Å². The van der Waals surface area contributed by atoms with Crippen LogP contribution >= 0.6 is 0 Å². The zero-order valence-electron chi connectivity index (χ0n) is 10.9. The van der Waals surface area contributed by atoms with Gasteiger partial charge in [0.25, 0.3) is 0 Å². The predicted molar refractivity (Wildman–Crippen MR) is 66.8 cm³/mol. The van der Waals surface area contributed by atoms with Crippen LogP contribution in [-0.4, -0.2) is 40.5 Å². The molecule has 0 spiro atoms. The maximum atomic E-state index is 5.66. The summed E-state index contributed by atoms with van der Waals surface area (Å²) >= 11 is 0. The van der Waals surface area contributed by atoms with Crippen molar-refractivity contribution in [3.8, 4) is 0 Å². The summed E-state index contributed by atoms with van der Waals surface area (Å²) in [5.41, 5.74) is 0.524. The quantitative estimate of drug-likeness (QED) is 0.615. The maximum Gasteiger partial charge on any atom is 0.0487 e. The van der Waals surface area contributed by atoms with Crippen LogP contribution < -0.4 is 5.32 Å². The van der Waals surface area contributed by atoms with E-state index in [1.54, 1.807) is 7.11 Å². The smallest absolute Gasteiger partial charge is 0.0487 e. The van der Waals surface area contributed by atoms with Gasteiger partial charge in [-0.15, -0.1) is 0 Å². The van der Waals surface area contributed by atoms with Gasteiger partial charge in [0.05, 0.1) is 0 Å². The second-order valence-corrected chi connectivity index (χ2v) is 4.95. The van der Waals surface area contributed by atoms with Crippen LogP contribution in [0.3, 0.4) is 0 Å². The number of hydrogen-bond donors (Lipinski definition) is 1. The first kappa shape index (κ1) is 13.9. The number of nitrogens with one attached hydrogen (secondary N) is 1. The van der Waals surface area contributed by atoms with E-state index in [1.165, 1.54) is 32.1 Å². The van der Waals surface area contributed by atoms with Gasteiger partial charge in [-0.2, -0.15) is 0 Å². The van der Waals surface area contributed by atoms with Crippen molar-refractivity contribution in [3.05, 3.63) is 0 Å². The van der Waals surface area contributed by atoms with E-state index in [9.17, 15) is 0 Å². The molecule has 0 aromatic heterocycles. The lowest BCUT2D eigenvalue weighted by Crippen LogP contribution is -2.31. The van der Waals surface area contributed by atoms with Crippen LogP contribution in [0.1, 0.15) is 38.5 Å². The van der Waals surface area contributed by atoms with E-state index in [0.29, 0.717) is 5.41 Å². The summed E-state index contributed by atoms with van der Waals surface area (Å²) in [6.07, 6.45) is 7.75. The van der Waals surface area contributed by atoms with E-state index in [4.69, 9.17) is 9.47 Å². The summed E-state index contributed by atoms with van der Waals surface area (Å²) in [6.45, 7) is 3.70. The van der Waals surface area contributed by atoms with Crippen LogP contribution in [0.4, 0.5) is 0 Å². The van der Waals surface area contributed by atoms with E-state index in [-0.39, 0.29) is 0 Å². The van der Waals surface area contributed by atoms with Crippen molar-refractivity contribution < 1.29 is 9.47 Å². The van der Waals surface area contributed by atoms with Crippen LogP contribution in [0.5, 0.6) is 0 Å². The summed E-state index contributed by atoms with van der Waals surface area (Å²) in [7, 11) is 3.79. The fraction of sp³-hybridized carbons (Fsp3) is 1.00. The summed E-state index contributed by atoms with van der Waals surface area (Å²) < 4.78 is 10.7. The van der Waals surface area contributed by atoms with Gasteiger partial charge in [-0.05, 0) is 38.1 Å². The number of methoxy groups -OCH3 is 1. The molecule has 0 amide bonds. The zero-order chi connectivity index (χ0) is 11.7. The third-order valence-electron chi connectivity index (χ3n) is 3.63. The summed E-state index contributed by atoms with van der Waals surface area (Å²) in [5, 5.41) is 3.34. The fourth-order valence-corrected chi connectivity index (χ4v) is 2.71. The van der Waals surface area contributed by atoms with Crippen molar-refractivity contribution in [2.75, 3.05) is 40.5 Å². The Hall–Kier alpha value is -0.120. The molecule has 1 saturated carbocycles. The number of rotatable bonds is 9. The molecular weight excluding hydrogens is 202 g/mol. The summed E-state index contributed by atoms with van der Waals surface area (Å²) in [4.78, 5) is 0. The van der Waals surface area contributed by atoms with Crippen molar-refractivity contribution in [1.29, 1.82) is 0 Å². The average Bonchev–Trinajstić information content (AvgIpc) is 2.73. The normalized spacial score (nSPS) is 19.1. The Morgan fingerprint density at radius 3 is 2.50 bits per heavy atom. The van der Waals surface area contributed by atoms with Crippen molar-refractivity contribution in [3.63, 3.8) is 0 Å². The Kier molecular flexibility index (Phi) is 7.01. The second kappa shape index (κ2) is 8.04. The largest absolute Gasteiger partial charge is 0.385 e. The number of ether oxygens (including phenoxy) is 2. The monoisotopic (exact) mass is 229 g/mol. The van der Waals surface area contributed by atoms with Crippen molar-refractivity contribution >= 4 is 0 Å². The first-order valence-electron chi connectivity index (χ1n) is 6.54. The van der Waals surface area contributed by atoms with Gasteiger partial charge < -0.3 is 14.8 Å². The summed E-state index contributed by atoms with van der Waals surface area (Å²) in [5.74, 6) is 0. The molecule has 0 aromatic carbocycles. The third-order valence-corrected chi connectivity index (χ3v) is 3.63. The topological polar surface area (TPSA) is 30.5 Å². The lowest BCUT2D eigenvalue weighted by atomic mass is 9.83. The average molecular weight is 229 g/mol. The van der Waals surface area contributed by atoms with Gasteiger partial charge >= 0.3 is 0 Å². The van der Waals surface area contributed by atoms with E-state index in [1.807, 2.05) is 0 Å². The molecule has 1 aliphatic rings. The molecule has 16 heavy (non-hydrogen) atoms. The Morgan fingerprint density at radius 1 is 1.12 bits per heavy atom. The predicted octanol–water partition coefficient (Wildman–Crippen LogP) is 2.21. The molecule has 0 aliphatic heterocycles. The highest BCUT2D eigenvalue weighted by Gasteiger charge is 2.32. The minimum absolute atomic E-state index is 0.524. The van der Waals surface area contributed by atoms with E-state index in [2.05, 4.69) is 12.4 Å². The van der Waals surface area contributed by atoms with Crippen LogP contribution in [0, 0.1) is 5.41 Å². The number of hydrogen-bond acceptors (Lipinski definition) is 3. The Morgan fingerprint density at radius 2 is 1.88 bits per heavy atom. The SMILES string of the molecule is CNCC1(CCOCCCOC)CCCC1. The van der Waals surface area contributed by atoms with E-state index >= 15 is 0 Å². The van der Waals surface area contributed by atoms with Gasteiger partial charge in [-0.1, -0.05) is 12.8 Å². The molecule has 1 rings (SSSR count). The second-order valence-electron chi connectivity index (χ2n) is 4.95. The molecule has 0 aromatic rings. The maximum absolute atomic E-state index is 5.66. The van der Waals surface area contributed by atoms with Crippen LogP contribution in [-0.2, 0) is 9.47 Å². The molecule has 0 unspecified atom stereocenters. The molecule has 0 atom stereocenters. The Labute approximate surface area is 99.9 Å². The molecule has 0 radical (unpaired) electrons. The van der Waals surface area contributed by atoms with Crippen molar-refractivity contribution in [2.24, 2.45) is 5.41 Å². The standard InChI is InChI=1S/C13H27NO2/c1-14-12-13(6-3-4-7-13)8-11-16-10-5-9-15-2/h14H,3-12H2,1-2H3. The fourth-order valence-electron chi connectivity index (χ4n) is 2.71. The van der Waals surface area contributed by atoms with E-state index in [0.717, 1.165) is 32.8 Å². The highest BCUT2D eigenvalue weighted by atomic mass is 16.5. The Bertz CT molecular complexity index is 167. The first-order chi connectivity index (χ1) is 7.83. The zero-order valence-corrected chi connectivity index (χ0v) is 10.9. The Balaban J connectivity index is 2.08. The van der Waals surface area contributed by atoms with Gasteiger partial charge in [0.15, 0.2) is 0 Å². The minimum atomic E-state index is 0.524. The molecule has 0 bridgehead atoms. The molecule has 1 aliphatic carbocycles. The van der Waals surface area contributed by atoms with Gasteiger partial charge in [0.2, 0.25) is 0 Å². The lowest BCUT2D eigenvalue weighted by molar-refractivity contribution is 0.0769. The van der Waals surface area contributed by atoms with Gasteiger partial charge in [0.1, 0.15) is 0 Å². The highest BCUT2D eigenvalue weighted by molar-refractivity contribution is 4.86. The van der Waals surface area contributed by atoms with Gasteiger partial charge in [-0.25, -0.2) is 0 Å². The highest BCUT2D eigenvalue weighted by Crippen LogP contribution is 2.40. The molecule has 3 heteroatoms. The lowest BCUT2D eigenvalue weighted by Gasteiger charge is -2.28. The molecular formula is C13H27NO2. The van der Waals surface area contributed by atoms with E-state index < -0.39 is 0 Å². The molecule has 1 N–H and O–H groups in total. The van der Waals surface area contributed by atoms with Crippen LogP contribution in [0.25, 0.3) is 0 Å². The van der Waals surface area contributed by atoms with Gasteiger partial charge in [-0.3, -0.25) is 0 Å². The summed E-state index contributed by atoms with van der Waals surface area (Å²) in [6, 6.07) is 0.